The molecule has 0 radical (unpaired) electrons. The number of hydrogen-bond donors (Lipinski definition) is 1. The van der Waals surface area contributed by atoms with Crippen molar-refractivity contribution in [2.45, 2.75) is 12.5 Å². The molecule has 0 aliphatic carbocycles. The van der Waals surface area contributed by atoms with Gasteiger partial charge in [-0.2, -0.15) is 5.26 Å². The van der Waals surface area contributed by atoms with Crippen LogP contribution in [0.2, 0.25) is 0 Å². The predicted molar refractivity (Wildman–Crippen MR) is 73.0 cm³/mol. The maximum atomic E-state index is 13.5. The topological polar surface area (TPSA) is 52.9 Å². The first kappa shape index (κ1) is 14.7. The van der Waals surface area contributed by atoms with E-state index in [2.05, 4.69) is 5.32 Å². The summed E-state index contributed by atoms with van der Waals surface area (Å²) in [7, 11) is 0. The van der Waals surface area contributed by atoms with Crippen molar-refractivity contribution in [2.75, 3.05) is 0 Å². The summed E-state index contributed by atoms with van der Waals surface area (Å²) in [6.07, 6.45) is -0.455. The second-order valence-corrected chi connectivity index (χ2v) is 4.42. The van der Waals surface area contributed by atoms with Gasteiger partial charge < -0.3 is 5.32 Å². The smallest absolute Gasteiger partial charge is 0.225 e. The van der Waals surface area contributed by atoms with Crippen molar-refractivity contribution in [1.82, 2.24) is 5.32 Å². The lowest BCUT2D eigenvalue weighted by Crippen LogP contribution is -2.29. The third-order valence-electron chi connectivity index (χ3n) is 2.97. The average molecular weight is 286 g/mol. The van der Waals surface area contributed by atoms with Gasteiger partial charge in [0.15, 0.2) is 0 Å². The summed E-state index contributed by atoms with van der Waals surface area (Å²) in [5, 5.41) is 11.5. The zero-order chi connectivity index (χ0) is 15.2. The van der Waals surface area contributed by atoms with E-state index in [4.69, 9.17) is 5.26 Å². The van der Waals surface area contributed by atoms with Crippen LogP contribution in [0.1, 0.15) is 17.2 Å². The lowest BCUT2D eigenvalue weighted by atomic mass is 10.1. The molecule has 3 nitrogen and oxygen atoms in total. The quantitative estimate of drug-likeness (QED) is 0.939. The molecule has 2 rings (SSSR count). The van der Waals surface area contributed by atoms with E-state index in [-0.39, 0.29) is 5.56 Å². The van der Waals surface area contributed by atoms with Crippen LogP contribution in [-0.4, -0.2) is 5.91 Å². The standard InChI is InChI=1S/C16H12F2N2O/c17-13-7-4-8-14(18)12(13)9-16(21)20-15(10-19)11-5-2-1-3-6-11/h1-8,15H,9H2,(H,20,21). The molecule has 0 spiro atoms. The van der Waals surface area contributed by atoms with Crippen LogP contribution >= 0.6 is 0 Å². The minimum atomic E-state index is -0.853. The average Bonchev–Trinajstić information content (AvgIpc) is 2.49. The van der Waals surface area contributed by atoms with Crippen LogP contribution in [0, 0.1) is 23.0 Å². The van der Waals surface area contributed by atoms with E-state index < -0.39 is 30.0 Å². The Bertz CT molecular complexity index is 660. The highest BCUT2D eigenvalue weighted by molar-refractivity contribution is 5.79. The zero-order valence-corrected chi connectivity index (χ0v) is 11.0. The number of benzene rings is 2. The van der Waals surface area contributed by atoms with Gasteiger partial charge in [-0.25, -0.2) is 8.78 Å². The SMILES string of the molecule is N#CC(NC(=O)Cc1c(F)cccc1F)c1ccccc1. The number of halogens is 2. The third-order valence-corrected chi connectivity index (χ3v) is 2.97. The van der Waals surface area contributed by atoms with E-state index in [1.165, 1.54) is 6.07 Å². The van der Waals surface area contributed by atoms with Crippen molar-refractivity contribution >= 4 is 5.91 Å². The Labute approximate surface area is 120 Å². The molecule has 0 aliphatic rings. The molecule has 106 valence electrons. The summed E-state index contributed by atoms with van der Waals surface area (Å²) < 4.78 is 26.9. The fourth-order valence-corrected chi connectivity index (χ4v) is 1.91. The monoisotopic (exact) mass is 286 g/mol. The minimum Gasteiger partial charge on any atom is -0.336 e. The molecule has 0 heterocycles. The fraction of sp³-hybridized carbons (Fsp3) is 0.125. The predicted octanol–water partition coefficient (Wildman–Crippen LogP) is 2.89. The van der Waals surface area contributed by atoms with Crippen LogP contribution in [0.3, 0.4) is 0 Å². The number of nitriles is 1. The summed E-state index contributed by atoms with van der Waals surface area (Å²) in [5.41, 5.74) is 0.308. The molecule has 0 saturated heterocycles. The molecule has 0 bridgehead atoms. The molecule has 0 fully saturated rings. The Morgan fingerprint density at radius 3 is 2.29 bits per heavy atom. The molecule has 1 N–H and O–H groups in total. The van der Waals surface area contributed by atoms with E-state index in [9.17, 15) is 13.6 Å². The summed E-state index contributed by atoms with van der Waals surface area (Å²) >= 11 is 0. The maximum absolute atomic E-state index is 13.5. The summed E-state index contributed by atoms with van der Waals surface area (Å²) in [4.78, 5) is 11.9. The van der Waals surface area contributed by atoms with Crippen LogP contribution in [0.15, 0.2) is 48.5 Å². The van der Waals surface area contributed by atoms with E-state index in [1.807, 2.05) is 6.07 Å². The van der Waals surface area contributed by atoms with Crippen LogP contribution in [-0.2, 0) is 11.2 Å². The number of nitrogens with one attached hydrogen (secondary N) is 1. The van der Waals surface area contributed by atoms with Crippen molar-refractivity contribution < 1.29 is 13.6 Å². The van der Waals surface area contributed by atoms with Gasteiger partial charge in [0, 0.05) is 5.56 Å². The van der Waals surface area contributed by atoms with Crippen molar-refractivity contribution in [1.29, 1.82) is 5.26 Å². The van der Waals surface area contributed by atoms with Gasteiger partial charge in [0.2, 0.25) is 5.91 Å². The number of nitrogens with zero attached hydrogens (tertiary/aromatic N) is 1. The lowest BCUT2D eigenvalue weighted by molar-refractivity contribution is -0.120. The van der Waals surface area contributed by atoms with Gasteiger partial charge in [-0.15, -0.1) is 0 Å². The summed E-state index contributed by atoms with van der Waals surface area (Å²) in [6.45, 7) is 0. The van der Waals surface area contributed by atoms with E-state index in [1.54, 1.807) is 30.3 Å². The lowest BCUT2D eigenvalue weighted by Gasteiger charge is -2.12. The minimum absolute atomic E-state index is 0.306. The first-order valence-electron chi connectivity index (χ1n) is 6.28. The second-order valence-electron chi connectivity index (χ2n) is 4.42. The molecule has 5 heteroatoms. The Morgan fingerprint density at radius 2 is 1.71 bits per heavy atom. The zero-order valence-electron chi connectivity index (χ0n) is 11.0. The van der Waals surface area contributed by atoms with Gasteiger partial charge in [0.1, 0.15) is 17.7 Å². The van der Waals surface area contributed by atoms with E-state index in [0.717, 1.165) is 12.1 Å². The fourth-order valence-electron chi connectivity index (χ4n) is 1.91. The highest BCUT2D eigenvalue weighted by Gasteiger charge is 2.17. The van der Waals surface area contributed by atoms with Gasteiger partial charge in [-0.05, 0) is 17.7 Å². The maximum Gasteiger partial charge on any atom is 0.225 e. The molecule has 0 aromatic heterocycles. The third kappa shape index (κ3) is 3.63. The van der Waals surface area contributed by atoms with Gasteiger partial charge in [0.05, 0.1) is 12.5 Å². The number of carbonyl (C=O) groups is 1. The normalized spacial score (nSPS) is 11.5. The van der Waals surface area contributed by atoms with Crippen molar-refractivity contribution in [3.63, 3.8) is 0 Å². The Balaban J connectivity index is 2.10. The molecule has 1 unspecified atom stereocenters. The molecule has 0 saturated carbocycles. The summed E-state index contributed by atoms with van der Waals surface area (Å²) in [6, 6.07) is 13.1. The Kier molecular flexibility index (Phi) is 4.62. The molecule has 1 amide bonds. The number of rotatable bonds is 4. The van der Waals surface area contributed by atoms with Crippen LogP contribution in [0.5, 0.6) is 0 Å². The second kappa shape index (κ2) is 6.62. The van der Waals surface area contributed by atoms with Crippen molar-refractivity contribution in [2.24, 2.45) is 0 Å². The van der Waals surface area contributed by atoms with E-state index in [0.29, 0.717) is 5.56 Å². The number of carbonyl (C=O) groups excluding carboxylic acids is 1. The van der Waals surface area contributed by atoms with Gasteiger partial charge in [0.25, 0.3) is 0 Å². The first-order chi connectivity index (χ1) is 10.1. The van der Waals surface area contributed by atoms with Crippen molar-refractivity contribution in [3.05, 3.63) is 71.3 Å². The molecular formula is C16H12F2N2O. The first-order valence-corrected chi connectivity index (χ1v) is 6.28. The van der Waals surface area contributed by atoms with Crippen LogP contribution in [0.25, 0.3) is 0 Å². The Morgan fingerprint density at radius 1 is 1.10 bits per heavy atom. The van der Waals surface area contributed by atoms with Gasteiger partial charge >= 0.3 is 0 Å². The Hall–Kier alpha value is -2.74. The van der Waals surface area contributed by atoms with E-state index >= 15 is 0 Å². The van der Waals surface area contributed by atoms with Crippen LogP contribution in [0.4, 0.5) is 8.78 Å². The largest absolute Gasteiger partial charge is 0.336 e. The van der Waals surface area contributed by atoms with Crippen LogP contribution < -0.4 is 5.32 Å². The highest BCUT2D eigenvalue weighted by Crippen LogP contribution is 2.15. The van der Waals surface area contributed by atoms with Crippen molar-refractivity contribution in [3.8, 4) is 6.07 Å². The molecule has 2 aromatic rings. The highest BCUT2D eigenvalue weighted by atomic mass is 19.1. The molecular weight excluding hydrogens is 274 g/mol. The summed E-state index contributed by atoms with van der Waals surface area (Å²) in [5.74, 6) is -2.17. The molecule has 2 aromatic carbocycles. The molecule has 0 aliphatic heterocycles. The molecule has 21 heavy (non-hydrogen) atoms. The number of hydrogen-bond acceptors (Lipinski definition) is 2. The molecule has 1 atom stereocenters. The van der Waals surface area contributed by atoms with Gasteiger partial charge in [-0.1, -0.05) is 36.4 Å². The number of amides is 1. The van der Waals surface area contributed by atoms with Gasteiger partial charge in [-0.3, -0.25) is 4.79 Å².